The molecule has 2 fully saturated rings. The molecule has 2 N–H and O–H groups in total. The number of oxime groups is 1. The van der Waals surface area contributed by atoms with Crippen LogP contribution in [0.5, 0.6) is 0 Å². The van der Waals surface area contributed by atoms with E-state index in [9.17, 15) is 4.79 Å². The summed E-state index contributed by atoms with van der Waals surface area (Å²) in [4.78, 5) is 22.2. The highest BCUT2D eigenvalue weighted by atomic mass is 16.6. The first-order valence-electron chi connectivity index (χ1n) is 10.6. The van der Waals surface area contributed by atoms with Gasteiger partial charge in [0.25, 0.3) is 5.91 Å². The molecule has 0 bridgehead atoms. The fourth-order valence-corrected chi connectivity index (χ4v) is 4.40. The molecule has 6 nitrogen and oxygen atoms in total. The summed E-state index contributed by atoms with van der Waals surface area (Å²) in [5.74, 6) is 0.295. The number of benzene rings is 1. The topological polar surface area (TPSA) is 71.2 Å². The molecule has 0 saturated carbocycles. The molecule has 2 aliphatic heterocycles. The van der Waals surface area contributed by atoms with Crippen LogP contribution in [0.25, 0.3) is 0 Å². The Morgan fingerprint density at radius 2 is 1.86 bits per heavy atom. The van der Waals surface area contributed by atoms with Crippen LogP contribution >= 0.6 is 0 Å². The van der Waals surface area contributed by atoms with Gasteiger partial charge in [0, 0.05) is 24.2 Å². The van der Waals surface area contributed by atoms with E-state index in [0.29, 0.717) is 5.84 Å². The summed E-state index contributed by atoms with van der Waals surface area (Å²) in [6.07, 6.45) is 7.16. The van der Waals surface area contributed by atoms with Crippen LogP contribution in [0, 0.1) is 0 Å². The third kappa shape index (κ3) is 5.47. The second-order valence-electron chi connectivity index (χ2n) is 8.22. The molecule has 0 radical (unpaired) electrons. The predicted molar refractivity (Wildman–Crippen MR) is 112 cm³/mol. The number of nitrogens with two attached hydrogens (primary N) is 1. The molecular weight excluding hydrogens is 352 g/mol. The van der Waals surface area contributed by atoms with Crippen LogP contribution < -0.4 is 5.73 Å². The summed E-state index contributed by atoms with van der Waals surface area (Å²) in [6, 6.07) is 8.63. The lowest BCUT2D eigenvalue weighted by Crippen LogP contribution is -2.48. The minimum Gasteiger partial charge on any atom is -0.384 e. The first-order chi connectivity index (χ1) is 13.5. The number of hydrogen-bond acceptors (Lipinski definition) is 4. The van der Waals surface area contributed by atoms with Gasteiger partial charge in [-0.3, -0.25) is 9.69 Å². The molecule has 0 spiro atoms. The number of amidine groups is 1. The maximum Gasteiger partial charge on any atom is 0.263 e. The number of carbonyl (C=O) groups excluding carboxylic acids is 1. The van der Waals surface area contributed by atoms with Gasteiger partial charge in [0.15, 0.2) is 12.4 Å². The van der Waals surface area contributed by atoms with Crippen molar-refractivity contribution >= 4 is 11.7 Å². The molecule has 0 aliphatic carbocycles. The normalized spacial score (nSPS) is 24.2. The molecule has 1 aromatic carbocycles. The molecule has 154 valence electrons. The van der Waals surface area contributed by atoms with Gasteiger partial charge in [-0.05, 0) is 70.7 Å². The molecule has 2 unspecified atom stereocenters. The van der Waals surface area contributed by atoms with E-state index in [1.165, 1.54) is 31.2 Å². The van der Waals surface area contributed by atoms with Crippen LogP contribution in [-0.4, -0.2) is 53.3 Å². The largest absolute Gasteiger partial charge is 0.384 e. The number of nitrogens with zero attached hydrogens (tertiary/aromatic N) is 3. The van der Waals surface area contributed by atoms with Crippen molar-refractivity contribution < 1.29 is 9.63 Å². The molecule has 1 amide bonds. The van der Waals surface area contributed by atoms with Crippen molar-refractivity contribution in [2.24, 2.45) is 10.9 Å². The summed E-state index contributed by atoms with van der Waals surface area (Å²) in [6.45, 7) is 7.38. The van der Waals surface area contributed by atoms with E-state index in [2.05, 4.69) is 36.0 Å². The minimum absolute atomic E-state index is 0.0184. The zero-order valence-corrected chi connectivity index (χ0v) is 17.3. The van der Waals surface area contributed by atoms with Crippen molar-refractivity contribution in [1.29, 1.82) is 0 Å². The zero-order valence-electron chi connectivity index (χ0n) is 17.3. The van der Waals surface area contributed by atoms with Gasteiger partial charge in [0.2, 0.25) is 0 Å². The smallest absolute Gasteiger partial charge is 0.263 e. The lowest BCUT2D eigenvalue weighted by Gasteiger charge is -2.38. The van der Waals surface area contributed by atoms with Gasteiger partial charge in [-0.15, -0.1) is 0 Å². The first-order valence-corrected chi connectivity index (χ1v) is 10.6. The fraction of sp³-hybridized carbons (Fsp3) is 0.636. The monoisotopic (exact) mass is 386 g/mol. The Morgan fingerprint density at radius 1 is 1.14 bits per heavy atom. The van der Waals surface area contributed by atoms with E-state index in [0.717, 1.165) is 38.0 Å². The van der Waals surface area contributed by atoms with Gasteiger partial charge in [0.1, 0.15) is 0 Å². The maximum absolute atomic E-state index is 12.5. The van der Waals surface area contributed by atoms with Crippen molar-refractivity contribution in [3.8, 4) is 0 Å². The Labute approximate surface area is 168 Å². The molecule has 2 atom stereocenters. The van der Waals surface area contributed by atoms with Crippen molar-refractivity contribution in [1.82, 2.24) is 9.80 Å². The van der Waals surface area contributed by atoms with Crippen LogP contribution in [0.2, 0.25) is 0 Å². The van der Waals surface area contributed by atoms with Crippen LogP contribution in [0.15, 0.2) is 29.4 Å². The summed E-state index contributed by atoms with van der Waals surface area (Å²) in [5.41, 5.74) is 8.16. The van der Waals surface area contributed by atoms with E-state index in [4.69, 9.17) is 10.6 Å². The van der Waals surface area contributed by atoms with Crippen LogP contribution in [-0.2, 0) is 16.2 Å². The summed E-state index contributed by atoms with van der Waals surface area (Å²) < 4.78 is 0. The highest BCUT2D eigenvalue weighted by Gasteiger charge is 2.29. The van der Waals surface area contributed by atoms with Gasteiger partial charge < -0.3 is 15.5 Å². The van der Waals surface area contributed by atoms with Gasteiger partial charge in [-0.1, -0.05) is 29.8 Å². The summed E-state index contributed by atoms with van der Waals surface area (Å²) in [5, 5.41) is 4.00. The van der Waals surface area contributed by atoms with Gasteiger partial charge >= 0.3 is 0 Å². The lowest BCUT2D eigenvalue weighted by molar-refractivity contribution is -0.142. The number of likely N-dealkylation sites (tertiary alicyclic amines) is 2. The molecule has 2 aliphatic rings. The number of piperidine rings is 2. The van der Waals surface area contributed by atoms with Gasteiger partial charge in [0.05, 0.1) is 0 Å². The standard InChI is InChI=1S/C22H34N4O2/c1-17-8-6-9-18(2)26(17)21(27)16-28-24-22(23)20-11-7-10-19(14-20)15-25-12-4-3-5-13-25/h7,10-11,14,17-18H,3-6,8-9,12-13,15-16H2,1-2H3,(H2,23,24). The average Bonchev–Trinajstić information content (AvgIpc) is 2.69. The van der Waals surface area contributed by atoms with Crippen molar-refractivity contribution in [3.63, 3.8) is 0 Å². The van der Waals surface area contributed by atoms with E-state index in [1.807, 2.05) is 17.0 Å². The van der Waals surface area contributed by atoms with Crippen LogP contribution in [0.4, 0.5) is 0 Å². The molecule has 2 heterocycles. The highest BCUT2D eigenvalue weighted by molar-refractivity contribution is 5.97. The lowest BCUT2D eigenvalue weighted by atomic mass is 9.97. The number of hydrogen-bond donors (Lipinski definition) is 1. The van der Waals surface area contributed by atoms with E-state index in [-0.39, 0.29) is 24.6 Å². The molecular formula is C22H34N4O2. The molecule has 0 aromatic heterocycles. The Kier molecular flexibility index (Phi) is 7.31. The molecule has 6 heteroatoms. The fourth-order valence-electron chi connectivity index (χ4n) is 4.40. The molecule has 2 saturated heterocycles. The molecule has 28 heavy (non-hydrogen) atoms. The molecule has 1 aromatic rings. The molecule has 3 rings (SSSR count). The van der Waals surface area contributed by atoms with E-state index >= 15 is 0 Å². The van der Waals surface area contributed by atoms with Crippen molar-refractivity contribution in [2.75, 3.05) is 19.7 Å². The predicted octanol–water partition coefficient (Wildman–Crippen LogP) is 3.10. The SMILES string of the molecule is CC1CCCC(C)N1C(=O)CO/N=C(/N)c1cccc(CN2CCCCC2)c1. The highest BCUT2D eigenvalue weighted by Crippen LogP contribution is 2.22. The quantitative estimate of drug-likeness (QED) is 0.463. The Hall–Kier alpha value is -2.08. The second-order valence-corrected chi connectivity index (χ2v) is 8.22. The minimum atomic E-state index is -0.0666. The summed E-state index contributed by atoms with van der Waals surface area (Å²) >= 11 is 0. The third-order valence-electron chi connectivity index (χ3n) is 5.91. The Bertz CT molecular complexity index is 675. The Morgan fingerprint density at radius 3 is 2.57 bits per heavy atom. The van der Waals surface area contributed by atoms with Crippen LogP contribution in [0.3, 0.4) is 0 Å². The number of amides is 1. The number of rotatable bonds is 6. The van der Waals surface area contributed by atoms with Crippen molar-refractivity contribution in [3.05, 3.63) is 35.4 Å². The van der Waals surface area contributed by atoms with Crippen molar-refractivity contribution in [2.45, 2.75) is 71.0 Å². The maximum atomic E-state index is 12.5. The zero-order chi connectivity index (χ0) is 19.9. The summed E-state index contributed by atoms with van der Waals surface area (Å²) in [7, 11) is 0. The average molecular weight is 387 g/mol. The van der Waals surface area contributed by atoms with Gasteiger partial charge in [-0.25, -0.2) is 0 Å². The van der Waals surface area contributed by atoms with Gasteiger partial charge in [-0.2, -0.15) is 0 Å². The van der Waals surface area contributed by atoms with Crippen LogP contribution in [0.1, 0.15) is 63.5 Å². The number of carbonyl (C=O) groups is 1. The van der Waals surface area contributed by atoms with E-state index < -0.39 is 0 Å². The third-order valence-corrected chi connectivity index (χ3v) is 5.91. The second kappa shape index (κ2) is 9.92. The first kappa shape index (κ1) is 20.6. The Balaban J connectivity index is 1.54. The van der Waals surface area contributed by atoms with E-state index in [1.54, 1.807) is 0 Å².